The highest BCUT2D eigenvalue weighted by Crippen LogP contribution is 2.42. The van der Waals surface area contributed by atoms with Crippen LogP contribution < -0.4 is 4.90 Å². The van der Waals surface area contributed by atoms with E-state index in [0.717, 1.165) is 38.0 Å². The Morgan fingerprint density at radius 3 is 2.83 bits per heavy atom. The molecule has 0 saturated carbocycles. The summed E-state index contributed by atoms with van der Waals surface area (Å²) in [4.78, 5) is 31.6. The Kier molecular flexibility index (Phi) is 4.97. The summed E-state index contributed by atoms with van der Waals surface area (Å²) < 4.78 is 0. The maximum atomic E-state index is 13.1. The van der Waals surface area contributed by atoms with Crippen molar-refractivity contribution < 1.29 is 9.59 Å². The third-order valence-corrected chi connectivity index (χ3v) is 6.20. The lowest BCUT2D eigenvalue weighted by molar-refractivity contribution is -0.139. The second kappa shape index (κ2) is 6.84. The molecule has 1 aromatic rings. The molecule has 1 spiro atoms. The fraction of sp³-hybridized carbons (Fsp3) is 0.667. The molecule has 2 aliphatic heterocycles. The molecule has 5 nitrogen and oxygen atoms in total. The smallest absolute Gasteiger partial charge is 0.236 e. The van der Waals surface area contributed by atoms with Crippen LogP contribution in [0.5, 0.6) is 0 Å². The molecule has 2 amide bonds. The van der Waals surface area contributed by atoms with Gasteiger partial charge in [0.15, 0.2) is 0 Å². The van der Waals surface area contributed by atoms with Crippen molar-refractivity contribution in [2.45, 2.75) is 39.2 Å². The number of thiophene rings is 1. The molecule has 0 bridgehead atoms. The third kappa shape index (κ3) is 3.22. The first-order valence-corrected chi connectivity index (χ1v) is 9.69. The molecular formula is C18H27N3O2S. The minimum absolute atomic E-state index is 0.145. The van der Waals surface area contributed by atoms with Crippen LogP contribution in [0.2, 0.25) is 0 Å². The van der Waals surface area contributed by atoms with Gasteiger partial charge in [-0.05, 0) is 51.6 Å². The van der Waals surface area contributed by atoms with E-state index in [4.69, 9.17) is 0 Å². The van der Waals surface area contributed by atoms with Crippen molar-refractivity contribution in [1.29, 1.82) is 0 Å². The number of hydrogen-bond acceptors (Lipinski definition) is 4. The van der Waals surface area contributed by atoms with Gasteiger partial charge in [-0.1, -0.05) is 0 Å². The molecule has 1 unspecified atom stereocenters. The second-order valence-corrected chi connectivity index (χ2v) is 8.18. The number of carbonyl (C=O) groups is 2. The van der Waals surface area contributed by atoms with E-state index in [1.807, 2.05) is 33.7 Å². The Hall–Kier alpha value is -1.40. The van der Waals surface area contributed by atoms with Crippen LogP contribution in [0.15, 0.2) is 16.8 Å². The number of anilines is 1. The van der Waals surface area contributed by atoms with Crippen LogP contribution in [-0.4, -0.2) is 60.9 Å². The predicted molar refractivity (Wildman–Crippen MR) is 97.3 cm³/mol. The minimum atomic E-state index is -0.369. The summed E-state index contributed by atoms with van der Waals surface area (Å²) in [6, 6.07) is 2.35. The lowest BCUT2D eigenvalue weighted by atomic mass is 9.78. The SMILES string of the molecule is CC(C)N(C)CC(=O)N1CCCC2(CCN(c3ccsc3)C2=O)C1. The molecule has 0 aliphatic carbocycles. The van der Waals surface area contributed by atoms with Gasteiger partial charge >= 0.3 is 0 Å². The molecule has 0 N–H and O–H groups in total. The van der Waals surface area contributed by atoms with E-state index in [1.54, 1.807) is 11.3 Å². The van der Waals surface area contributed by atoms with Gasteiger partial charge in [0.2, 0.25) is 11.8 Å². The molecular weight excluding hydrogens is 322 g/mol. The molecule has 132 valence electrons. The van der Waals surface area contributed by atoms with Crippen LogP contribution >= 0.6 is 11.3 Å². The topological polar surface area (TPSA) is 43.9 Å². The van der Waals surface area contributed by atoms with Gasteiger partial charge in [-0.15, -0.1) is 0 Å². The highest BCUT2D eigenvalue weighted by molar-refractivity contribution is 7.08. The molecule has 2 aliphatic rings. The quantitative estimate of drug-likeness (QED) is 0.839. The van der Waals surface area contributed by atoms with Crippen molar-refractivity contribution in [2.75, 3.05) is 38.1 Å². The molecule has 3 rings (SSSR count). The number of nitrogens with zero attached hydrogens (tertiary/aromatic N) is 3. The monoisotopic (exact) mass is 349 g/mol. The van der Waals surface area contributed by atoms with Crippen LogP contribution in [0, 0.1) is 5.41 Å². The summed E-state index contributed by atoms with van der Waals surface area (Å²) in [7, 11) is 1.97. The van der Waals surface area contributed by atoms with E-state index >= 15 is 0 Å². The first-order chi connectivity index (χ1) is 11.4. The average molecular weight is 350 g/mol. The normalized spacial score (nSPS) is 24.6. The van der Waals surface area contributed by atoms with Gasteiger partial charge in [0, 0.05) is 31.1 Å². The third-order valence-electron chi connectivity index (χ3n) is 5.53. The minimum Gasteiger partial charge on any atom is -0.341 e. The maximum absolute atomic E-state index is 13.1. The lowest BCUT2D eigenvalue weighted by Gasteiger charge is -2.39. The molecule has 6 heteroatoms. The summed E-state index contributed by atoms with van der Waals surface area (Å²) in [5, 5.41) is 4.03. The van der Waals surface area contributed by atoms with Crippen molar-refractivity contribution in [2.24, 2.45) is 5.41 Å². The number of piperidine rings is 1. The highest BCUT2D eigenvalue weighted by Gasteiger charge is 2.50. The van der Waals surface area contributed by atoms with Gasteiger partial charge < -0.3 is 9.80 Å². The molecule has 0 aromatic carbocycles. The Labute approximate surface area is 148 Å². The molecule has 0 radical (unpaired) electrons. The van der Waals surface area contributed by atoms with Crippen molar-refractivity contribution in [3.8, 4) is 0 Å². The van der Waals surface area contributed by atoms with E-state index in [2.05, 4.69) is 18.7 Å². The summed E-state index contributed by atoms with van der Waals surface area (Å²) in [6.45, 7) is 6.73. The van der Waals surface area contributed by atoms with Crippen molar-refractivity contribution >= 4 is 28.8 Å². The van der Waals surface area contributed by atoms with Crippen LogP contribution in [0.1, 0.15) is 33.1 Å². The molecule has 2 fully saturated rings. The van der Waals surface area contributed by atoms with Gasteiger partial charge in [-0.25, -0.2) is 0 Å². The zero-order chi connectivity index (χ0) is 17.3. The van der Waals surface area contributed by atoms with Crippen molar-refractivity contribution in [3.63, 3.8) is 0 Å². The van der Waals surface area contributed by atoms with Gasteiger partial charge in [0.1, 0.15) is 0 Å². The van der Waals surface area contributed by atoms with Crippen LogP contribution in [0.4, 0.5) is 5.69 Å². The van der Waals surface area contributed by atoms with Crippen molar-refractivity contribution in [1.82, 2.24) is 9.80 Å². The summed E-state index contributed by atoms with van der Waals surface area (Å²) in [5.74, 6) is 0.350. The van der Waals surface area contributed by atoms with E-state index < -0.39 is 0 Å². The number of likely N-dealkylation sites (tertiary alicyclic amines) is 1. The van der Waals surface area contributed by atoms with Gasteiger partial charge in [0.25, 0.3) is 0 Å². The summed E-state index contributed by atoms with van der Waals surface area (Å²) in [5.41, 5.74) is 0.636. The molecule has 3 heterocycles. The number of carbonyl (C=O) groups excluding carboxylic acids is 2. The van der Waals surface area contributed by atoms with Crippen LogP contribution in [0.25, 0.3) is 0 Å². The Bertz CT molecular complexity index is 601. The highest BCUT2D eigenvalue weighted by atomic mass is 32.1. The fourth-order valence-corrected chi connectivity index (χ4v) is 4.34. The Morgan fingerprint density at radius 2 is 2.17 bits per heavy atom. The predicted octanol–water partition coefficient (Wildman–Crippen LogP) is 2.43. The lowest BCUT2D eigenvalue weighted by Crippen LogP contribution is -2.52. The fourth-order valence-electron chi connectivity index (χ4n) is 3.70. The summed E-state index contributed by atoms with van der Waals surface area (Å²) in [6.07, 6.45) is 2.67. The van der Waals surface area contributed by atoms with E-state index in [0.29, 0.717) is 19.1 Å². The zero-order valence-electron chi connectivity index (χ0n) is 14.8. The maximum Gasteiger partial charge on any atom is 0.236 e. The second-order valence-electron chi connectivity index (χ2n) is 7.40. The zero-order valence-corrected chi connectivity index (χ0v) is 15.6. The number of rotatable bonds is 4. The first kappa shape index (κ1) is 17.4. The van der Waals surface area contributed by atoms with E-state index in [-0.39, 0.29) is 17.2 Å². The van der Waals surface area contributed by atoms with E-state index in [9.17, 15) is 9.59 Å². The van der Waals surface area contributed by atoms with Gasteiger partial charge in [-0.2, -0.15) is 11.3 Å². The molecule has 1 aromatic heterocycles. The number of likely N-dealkylation sites (N-methyl/N-ethyl adjacent to an activating group) is 1. The Morgan fingerprint density at radius 1 is 1.38 bits per heavy atom. The number of hydrogen-bond donors (Lipinski definition) is 0. The molecule has 2 saturated heterocycles. The van der Waals surface area contributed by atoms with Crippen molar-refractivity contribution in [3.05, 3.63) is 16.8 Å². The summed E-state index contributed by atoms with van der Waals surface area (Å²) >= 11 is 1.61. The van der Waals surface area contributed by atoms with E-state index in [1.165, 1.54) is 0 Å². The van der Waals surface area contributed by atoms with Gasteiger partial charge in [0.05, 0.1) is 17.6 Å². The van der Waals surface area contributed by atoms with Crippen LogP contribution in [0.3, 0.4) is 0 Å². The largest absolute Gasteiger partial charge is 0.341 e. The first-order valence-electron chi connectivity index (χ1n) is 8.75. The molecule has 1 atom stereocenters. The molecule has 24 heavy (non-hydrogen) atoms. The standard InChI is InChI=1S/C18H27N3O2S/c1-14(2)19(3)11-16(22)20-8-4-6-18(13-20)7-9-21(17(18)23)15-5-10-24-12-15/h5,10,12,14H,4,6-9,11,13H2,1-3H3. The average Bonchev–Trinajstić information content (AvgIpc) is 3.17. The van der Waals surface area contributed by atoms with Gasteiger partial charge in [-0.3, -0.25) is 14.5 Å². The van der Waals surface area contributed by atoms with Crippen LogP contribution in [-0.2, 0) is 9.59 Å². The number of amides is 2. The Balaban J connectivity index is 1.69.